The highest BCUT2D eigenvalue weighted by molar-refractivity contribution is 5.97. The maximum atomic E-state index is 13.0. The van der Waals surface area contributed by atoms with Crippen LogP contribution in [0.1, 0.15) is 44.0 Å². The fourth-order valence-electron chi connectivity index (χ4n) is 3.50. The van der Waals surface area contributed by atoms with Crippen LogP contribution in [0.5, 0.6) is 0 Å². The number of hydrogen-bond acceptors (Lipinski definition) is 9. The van der Waals surface area contributed by atoms with E-state index in [0.717, 1.165) is 0 Å². The Morgan fingerprint density at radius 1 is 1.29 bits per heavy atom. The zero-order chi connectivity index (χ0) is 22.5. The van der Waals surface area contributed by atoms with Gasteiger partial charge in [0.15, 0.2) is 5.82 Å². The molecule has 1 aliphatic rings. The SMILES string of the molecule is CCc1noc(C2=C(C)NC(C)=C(C(=O)OCCOC)C2c2cccc([N+](=O)[O-])c2)n1. The third-order valence-corrected chi connectivity index (χ3v) is 4.93. The largest absolute Gasteiger partial charge is 0.460 e. The molecule has 0 saturated carbocycles. The molecule has 0 spiro atoms. The number of aryl methyl sites for hydroxylation is 1. The average Bonchev–Trinajstić information content (AvgIpc) is 3.22. The molecule has 1 unspecified atom stereocenters. The molecular formula is C21H24N4O6. The Morgan fingerprint density at radius 3 is 2.71 bits per heavy atom. The van der Waals surface area contributed by atoms with Crippen molar-refractivity contribution in [3.05, 3.63) is 68.6 Å². The van der Waals surface area contributed by atoms with Crippen molar-refractivity contribution in [1.82, 2.24) is 15.5 Å². The summed E-state index contributed by atoms with van der Waals surface area (Å²) in [5, 5.41) is 18.5. The van der Waals surface area contributed by atoms with E-state index in [1.165, 1.54) is 19.2 Å². The summed E-state index contributed by atoms with van der Waals surface area (Å²) in [6, 6.07) is 6.14. The monoisotopic (exact) mass is 428 g/mol. The number of carbonyl (C=O) groups is 1. The first kappa shape index (κ1) is 22.2. The van der Waals surface area contributed by atoms with Crippen molar-refractivity contribution in [1.29, 1.82) is 0 Å². The lowest BCUT2D eigenvalue weighted by Gasteiger charge is -2.30. The second kappa shape index (κ2) is 9.52. The average molecular weight is 428 g/mol. The zero-order valence-corrected chi connectivity index (χ0v) is 17.8. The number of non-ortho nitro benzene ring substituents is 1. The van der Waals surface area contributed by atoms with Crippen molar-refractivity contribution >= 4 is 17.2 Å². The molecule has 164 valence electrons. The van der Waals surface area contributed by atoms with Crippen molar-refractivity contribution < 1.29 is 23.7 Å². The van der Waals surface area contributed by atoms with Gasteiger partial charge in [-0.25, -0.2) is 4.79 Å². The molecule has 0 bridgehead atoms. The van der Waals surface area contributed by atoms with Gasteiger partial charge in [-0.1, -0.05) is 24.2 Å². The van der Waals surface area contributed by atoms with Gasteiger partial charge in [0.25, 0.3) is 11.6 Å². The lowest BCUT2D eigenvalue weighted by atomic mass is 9.80. The van der Waals surface area contributed by atoms with Crippen LogP contribution >= 0.6 is 0 Å². The minimum atomic E-state index is -0.693. The fourth-order valence-corrected chi connectivity index (χ4v) is 3.50. The summed E-state index contributed by atoms with van der Waals surface area (Å²) in [5.41, 5.74) is 2.62. The maximum Gasteiger partial charge on any atom is 0.336 e. The highest BCUT2D eigenvalue weighted by Gasteiger charge is 2.37. The highest BCUT2D eigenvalue weighted by Crippen LogP contribution is 2.43. The van der Waals surface area contributed by atoms with Crippen molar-refractivity contribution in [2.45, 2.75) is 33.1 Å². The summed E-state index contributed by atoms with van der Waals surface area (Å²) in [7, 11) is 1.51. The molecule has 0 aliphatic carbocycles. The van der Waals surface area contributed by atoms with Crippen molar-refractivity contribution in [3.8, 4) is 0 Å². The number of nitrogens with zero attached hydrogens (tertiary/aromatic N) is 3. The lowest BCUT2D eigenvalue weighted by molar-refractivity contribution is -0.384. The predicted molar refractivity (Wildman–Crippen MR) is 111 cm³/mol. The molecule has 3 rings (SSSR count). The van der Waals surface area contributed by atoms with E-state index in [9.17, 15) is 14.9 Å². The number of ether oxygens (including phenoxy) is 2. The molecular weight excluding hydrogens is 404 g/mol. The Morgan fingerprint density at radius 2 is 2.06 bits per heavy atom. The van der Waals surface area contributed by atoms with Crippen molar-refractivity contribution in [2.75, 3.05) is 20.3 Å². The molecule has 1 aromatic heterocycles. The van der Waals surface area contributed by atoms with E-state index in [1.807, 2.05) is 13.8 Å². The number of aromatic nitrogens is 2. The third kappa shape index (κ3) is 4.64. The molecule has 10 heteroatoms. The van der Waals surface area contributed by atoms with E-state index in [1.54, 1.807) is 19.1 Å². The van der Waals surface area contributed by atoms with Crippen LogP contribution in [0.25, 0.3) is 5.57 Å². The quantitative estimate of drug-likeness (QED) is 0.292. The third-order valence-electron chi connectivity index (χ3n) is 4.93. The summed E-state index contributed by atoms with van der Waals surface area (Å²) < 4.78 is 15.8. The van der Waals surface area contributed by atoms with Gasteiger partial charge in [-0.2, -0.15) is 4.98 Å². The zero-order valence-electron chi connectivity index (χ0n) is 17.8. The van der Waals surface area contributed by atoms with Crippen LogP contribution in [-0.2, 0) is 20.7 Å². The Labute approximate surface area is 179 Å². The first-order valence-electron chi connectivity index (χ1n) is 9.79. The van der Waals surface area contributed by atoms with Crippen LogP contribution in [0, 0.1) is 10.1 Å². The van der Waals surface area contributed by atoms with Gasteiger partial charge in [0.1, 0.15) is 6.61 Å². The predicted octanol–water partition coefficient (Wildman–Crippen LogP) is 3.12. The Bertz CT molecular complexity index is 1060. The smallest absolute Gasteiger partial charge is 0.336 e. The number of dihydropyridines is 1. The van der Waals surface area contributed by atoms with Gasteiger partial charge in [-0.15, -0.1) is 0 Å². The van der Waals surface area contributed by atoms with Crippen LogP contribution in [0.2, 0.25) is 0 Å². The number of nitro benzene ring substituents is 1. The van der Waals surface area contributed by atoms with Crippen LogP contribution in [0.4, 0.5) is 5.69 Å². The normalized spacial score (nSPS) is 16.3. The van der Waals surface area contributed by atoms with Gasteiger partial charge in [0.05, 0.1) is 23.0 Å². The molecule has 2 heterocycles. The highest BCUT2D eigenvalue weighted by atomic mass is 16.6. The van der Waals surface area contributed by atoms with Gasteiger partial charge in [0, 0.05) is 42.6 Å². The first-order chi connectivity index (χ1) is 14.9. The molecule has 2 aromatic rings. The van der Waals surface area contributed by atoms with Crippen LogP contribution < -0.4 is 5.32 Å². The van der Waals surface area contributed by atoms with E-state index in [-0.39, 0.29) is 24.8 Å². The standard InChI is InChI=1S/C21H24N4O6/c1-5-16-23-20(31-24-16)17-12(2)22-13(3)18(21(26)30-10-9-29-4)19(17)14-7-6-8-15(11-14)25(27)28/h6-8,11,19,22H,5,9-10H2,1-4H3. The summed E-state index contributed by atoms with van der Waals surface area (Å²) in [6.45, 7) is 5.80. The minimum absolute atomic E-state index is 0.0757. The Kier molecular flexibility index (Phi) is 6.81. The van der Waals surface area contributed by atoms with Crippen molar-refractivity contribution in [3.63, 3.8) is 0 Å². The number of methoxy groups -OCH3 is 1. The summed E-state index contributed by atoms with van der Waals surface area (Å²) in [4.78, 5) is 28.4. The fraction of sp³-hybridized carbons (Fsp3) is 0.381. The van der Waals surface area contributed by atoms with Gasteiger partial charge < -0.3 is 19.3 Å². The number of rotatable bonds is 8. The molecule has 0 fully saturated rings. The molecule has 0 radical (unpaired) electrons. The van der Waals surface area contributed by atoms with E-state index in [4.69, 9.17) is 14.0 Å². The topological polar surface area (TPSA) is 130 Å². The number of hydrogen-bond donors (Lipinski definition) is 1. The summed E-state index contributed by atoms with van der Waals surface area (Å²) in [5.74, 6) is -0.489. The second-order valence-corrected chi connectivity index (χ2v) is 6.99. The number of benzene rings is 1. The molecule has 1 N–H and O–H groups in total. The Balaban J connectivity index is 2.15. The molecule has 31 heavy (non-hydrogen) atoms. The van der Waals surface area contributed by atoms with Crippen molar-refractivity contribution in [2.24, 2.45) is 0 Å². The van der Waals surface area contributed by atoms with Crippen LogP contribution in [-0.4, -0.2) is 41.4 Å². The van der Waals surface area contributed by atoms with E-state index in [0.29, 0.717) is 40.3 Å². The lowest BCUT2D eigenvalue weighted by Crippen LogP contribution is -2.29. The van der Waals surface area contributed by atoms with E-state index in [2.05, 4.69) is 15.5 Å². The van der Waals surface area contributed by atoms with E-state index >= 15 is 0 Å². The number of esters is 1. The van der Waals surface area contributed by atoms with Crippen LogP contribution in [0.15, 0.2) is 45.8 Å². The molecule has 0 amide bonds. The number of nitrogens with one attached hydrogen (secondary N) is 1. The first-order valence-corrected chi connectivity index (χ1v) is 9.79. The molecule has 10 nitrogen and oxygen atoms in total. The Hall–Kier alpha value is -3.53. The van der Waals surface area contributed by atoms with Gasteiger partial charge in [-0.3, -0.25) is 10.1 Å². The second-order valence-electron chi connectivity index (χ2n) is 6.99. The molecule has 1 aliphatic heterocycles. The summed E-state index contributed by atoms with van der Waals surface area (Å²) in [6.07, 6.45) is 0.575. The van der Waals surface area contributed by atoms with Gasteiger partial charge >= 0.3 is 5.97 Å². The van der Waals surface area contributed by atoms with Crippen LogP contribution in [0.3, 0.4) is 0 Å². The maximum absolute atomic E-state index is 13.0. The molecule has 0 saturated heterocycles. The summed E-state index contributed by atoms with van der Waals surface area (Å²) >= 11 is 0. The minimum Gasteiger partial charge on any atom is -0.460 e. The number of nitro groups is 1. The molecule has 1 aromatic carbocycles. The van der Waals surface area contributed by atoms with E-state index < -0.39 is 16.8 Å². The number of carbonyl (C=O) groups excluding carboxylic acids is 1. The molecule has 1 atom stereocenters. The van der Waals surface area contributed by atoms with Gasteiger partial charge in [0.2, 0.25) is 0 Å². The number of allylic oxidation sites excluding steroid dienone is 3. The van der Waals surface area contributed by atoms with Gasteiger partial charge in [-0.05, 0) is 19.4 Å².